The normalized spacial score (nSPS) is 12.4. The third-order valence-corrected chi connectivity index (χ3v) is 4.04. The van der Waals surface area contributed by atoms with Gasteiger partial charge in [-0.25, -0.2) is 4.39 Å². The predicted molar refractivity (Wildman–Crippen MR) is 87.9 cm³/mol. The third kappa shape index (κ3) is 3.92. The van der Waals surface area contributed by atoms with E-state index in [2.05, 4.69) is 50.4 Å². The summed E-state index contributed by atoms with van der Waals surface area (Å²) >= 11 is 0. The molecule has 21 heavy (non-hydrogen) atoms. The molecule has 0 saturated carbocycles. The van der Waals surface area contributed by atoms with Crippen molar-refractivity contribution in [2.75, 3.05) is 6.54 Å². The van der Waals surface area contributed by atoms with E-state index >= 15 is 0 Å². The van der Waals surface area contributed by atoms with E-state index in [1.807, 2.05) is 6.07 Å². The molecule has 2 rings (SSSR count). The number of hydrogen-bond acceptors (Lipinski definition) is 1. The number of nitrogens with one attached hydrogen (secondary N) is 1. The topological polar surface area (TPSA) is 12.0 Å². The van der Waals surface area contributed by atoms with Crippen LogP contribution in [0.4, 0.5) is 4.39 Å². The summed E-state index contributed by atoms with van der Waals surface area (Å²) in [5.41, 5.74) is 4.53. The Bertz CT molecular complexity index is 575. The Labute approximate surface area is 127 Å². The summed E-state index contributed by atoms with van der Waals surface area (Å²) in [6.45, 7) is 8.17. The Balaban J connectivity index is 2.33. The number of rotatable bonds is 6. The van der Waals surface area contributed by atoms with Crippen LogP contribution in [0, 0.1) is 5.82 Å². The average molecular weight is 285 g/mol. The van der Waals surface area contributed by atoms with E-state index in [1.165, 1.54) is 11.6 Å². The molecule has 0 aliphatic rings. The molecule has 2 aromatic rings. The highest BCUT2D eigenvalue weighted by Crippen LogP contribution is 2.27. The Morgan fingerprint density at radius 3 is 2.38 bits per heavy atom. The predicted octanol–water partition coefficient (Wildman–Crippen LogP) is 5.12. The molecule has 2 heteroatoms. The van der Waals surface area contributed by atoms with Crippen molar-refractivity contribution in [2.45, 2.75) is 39.7 Å². The van der Waals surface area contributed by atoms with Crippen LogP contribution < -0.4 is 5.32 Å². The van der Waals surface area contributed by atoms with Gasteiger partial charge in [0.05, 0.1) is 0 Å². The highest BCUT2D eigenvalue weighted by atomic mass is 19.1. The Morgan fingerprint density at radius 1 is 1.05 bits per heavy atom. The van der Waals surface area contributed by atoms with Crippen LogP contribution in [0.2, 0.25) is 0 Å². The molecule has 0 amide bonds. The van der Waals surface area contributed by atoms with E-state index in [0.29, 0.717) is 5.92 Å². The fourth-order valence-corrected chi connectivity index (χ4v) is 2.46. The molecule has 2 aromatic carbocycles. The van der Waals surface area contributed by atoms with E-state index in [0.717, 1.165) is 36.2 Å². The van der Waals surface area contributed by atoms with Gasteiger partial charge in [0.15, 0.2) is 0 Å². The quantitative estimate of drug-likeness (QED) is 0.777. The number of benzene rings is 2. The summed E-state index contributed by atoms with van der Waals surface area (Å²) in [6.07, 6.45) is 1.13. The molecule has 1 N–H and O–H groups in total. The molecule has 0 saturated heterocycles. The fraction of sp³-hybridized carbons (Fsp3) is 0.368. The van der Waals surface area contributed by atoms with Crippen LogP contribution in [0.3, 0.4) is 0 Å². The van der Waals surface area contributed by atoms with E-state index in [1.54, 1.807) is 6.07 Å². The van der Waals surface area contributed by atoms with Gasteiger partial charge < -0.3 is 5.32 Å². The average Bonchev–Trinajstić information content (AvgIpc) is 2.53. The van der Waals surface area contributed by atoms with Gasteiger partial charge in [-0.2, -0.15) is 0 Å². The second-order valence-electron chi connectivity index (χ2n) is 5.51. The Kier molecular flexibility index (Phi) is 5.51. The molecule has 0 aliphatic heterocycles. The van der Waals surface area contributed by atoms with Gasteiger partial charge in [0.25, 0.3) is 0 Å². The highest BCUT2D eigenvalue weighted by Gasteiger charge is 2.08. The van der Waals surface area contributed by atoms with Crippen molar-refractivity contribution in [3.63, 3.8) is 0 Å². The first-order chi connectivity index (χ1) is 10.2. The molecular formula is C19H24FN. The lowest BCUT2D eigenvalue weighted by atomic mass is 9.94. The zero-order chi connectivity index (χ0) is 15.2. The standard InChI is InChI=1S/C19H24FN/c1-4-14(3)15-6-8-16(9-7-15)19-12-18(20)11-10-17(19)13-21-5-2/h6-12,14,21H,4-5,13H2,1-3H3. The van der Waals surface area contributed by atoms with Crippen LogP contribution in [-0.4, -0.2) is 6.54 Å². The van der Waals surface area contributed by atoms with Crippen LogP contribution in [0.5, 0.6) is 0 Å². The monoisotopic (exact) mass is 285 g/mol. The van der Waals surface area contributed by atoms with Gasteiger partial charge in [-0.15, -0.1) is 0 Å². The van der Waals surface area contributed by atoms with Crippen molar-refractivity contribution in [3.05, 3.63) is 59.4 Å². The van der Waals surface area contributed by atoms with Crippen molar-refractivity contribution in [3.8, 4) is 11.1 Å². The maximum Gasteiger partial charge on any atom is 0.123 e. The summed E-state index contributed by atoms with van der Waals surface area (Å²) in [6, 6.07) is 13.6. The zero-order valence-corrected chi connectivity index (χ0v) is 13.1. The summed E-state index contributed by atoms with van der Waals surface area (Å²) in [5.74, 6) is 0.379. The summed E-state index contributed by atoms with van der Waals surface area (Å²) < 4.78 is 13.6. The Hall–Kier alpha value is -1.67. The van der Waals surface area contributed by atoms with E-state index < -0.39 is 0 Å². The van der Waals surface area contributed by atoms with Crippen LogP contribution in [0.25, 0.3) is 11.1 Å². The molecule has 0 aliphatic carbocycles. The van der Waals surface area contributed by atoms with Crippen LogP contribution >= 0.6 is 0 Å². The Morgan fingerprint density at radius 2 is 1.76 bits per heavy atom. The first-order valence-corrected chi connectivity index (χ1v) is 7.75. The van der Waals surface area contributed by atoms with Crippen LogP contribution in [0.1, 0.15) is 44.2 Å². The maximum atomic E-state index is 13.6. The van der Waals surface area contributed by atoms with Gasteiger partial charge in [-0.05, 0) is 53.3 Å². The molecular weight excluding hydrogens is 261 g/mol. The van der Waals surface area contributed by atoms with E-state index in [-0.39, 0.29) is 5.82 Å². The van der Waals surface area contributed by atoms with E-state index in [9.17, 15) is 4.39 Å². The second-order valence-corrected chi connectivity index (χ2v) is 5.51. The number of halogens is 1. The zero-order valence-electron chi connectivity index (χ0n) is 13.1. The lowest BCUT2D eigenvalue weighted by Crippen LogP contribution is -2.12. The molecule has 0 heterocycles. The van der Waals surface area contributed by atoms with Gasteiger partial charge in [-0.3, -0.25) is 0 Å². The lowest BCUT2D eigenvalue weighted by molar-refractivity contribution is 0.626. The molecule has 1 nitrogen and oxygen atoms in total. The van der Waals surface area contributed by atoms with Gasteiger partial charge >= 0.3 is 0 Å². The van der Waals surface area contributed by atoms with Crippen molar-refractivity contribution in [1.29, 1.82) is 0 Å². The molecule has 0 bridgehead atoms. The first kappa shape index (κ1) is 15.7. The highest BCUT2D eigenvalue weighted by molar-refractivity contribution is 5.67. The summed E-state index contributed by atoms with van der Waals surface area (Å²) in [7, 11) is 0. The van der Waals surface area contributed by atoms with E-state index in [4.69, 9.17) is 0 Å². The molecule has 112 valence electrons. The third-order valence-electron chi connectivity index (χ3n) is 4.04. The van der Waals surface area contributed by atoms with Gasteiger partial charge in [0.1, 0.15) is 5.82 Å². The minimum Gasteiger partial charge on any atom is -0.313 e. The fourth-order valence-electron chi connectivity index (χ4n) is 2.46. The molecule has 0 aromatic heterocycles. The number of hydrogen-bond donors (Lipinski definition) is 1. The summed E-state index contributed by atoms with van der Waals surface area (Å²) in [4.78, 5) is 0. The smallest absolute Gasteiger partial charge is 0.123 e. The van der Waals surface area contributed by atoms with Gasteiger partial charge in [0.2, 0.25) is 0 Å². The maximum absolute atomic E-state index is 13.6. The van der Waals surface area contributed by atoms with Crippen molar-refractivity contribution in [2.24, 2.45) is 0 Å². The van der Waals surface area contributed by atoms with Crippen molar-refractivity contribution >= 4 is 0 Å². The van der Waals surface area contributed by atoms with Crippen LogP contribution in [-0.2, 0) is 6.54 Å². The minimum atomic E-state index is -0.184. The van der Waals surface area contributed by atoms with Gasteiger partial charge in [0, 0.05) is 6.54 Å². The second kappa shape index (κ2) is 7.37. The molecule has 0 radical (unpaired) electrons. The molecule has 0 fully saturated rings. The van der Waals surface area contributed by atoms with Gasteiger partial charge in [-0.1, -0.05) is 51.1 Å². The van der Waals surface area contributed by atoms with Crippen LogP contribution in [0.15, 0.2) is 42.5 Å². The first-order valence-electron chi connectivity index (χ1n) is 7.75. The molecule has 0 spiro atoms. The summed E-state index contributed by atoms with van der Waals surface area (Å²) in [5, 5.41) is 3.31. The molecule has 1 atom stereocenters. The SMILES string of the molecule is CCNCc1ccc(F)cc1-c1ccc(C(C)CC)cc1. The minimum absolute atomic E-state index is 0.184. The van der Waals surface area contributed by atoms with Crippen molar-refractivity contribution < 1.29 is 4.39 Å². The lowest BCUT2D eigenvalue weighted by Gasteiger charge is -2.13. The largest absolute Gasteiger partial charge is 0.313 e. The molecule has 1 unspecified atom stereocenters. The van der Waals surface area contributed by atoms with Crippen molar-refractivity contribution in [1.82, 2.24) is 5.32 Å².